The molecule has 0 N–H and O–H groups in total. The molecular weight excluding hydrogens is 237 g/mol. The van der Waals surface area contributed by atoms with Crippen molar-refractivity contribution >= 4 is 13.9 Å². The van der Waals surface area contributed by atoms with Crippen molar-refractivity contribution in [2.45, 2.75) is 58.5 Å². The van der Waals surface area contributed by atoms with Crippen LogP contribution in [0.15, 0.2) is 11.5 Å². The molecule has 1 aliphatic heterocycles. The molecule has 4 heteroatoms. The van der Waals surface area contributed by atoms with Crippen LogP contribution in [0.4, 0.5) is 4.79 Å². The van der Waals surface area contributed by atoms with E-state index in [1.54, 1.807) is 0 Å². The van der Waals surface area contributed by atoms with Gasteiger partial charge in [0.2, 0.25) is 0 Å². The van der Waals surface area contributed by atoms with Gasteiger partial charge in [0.25, 0.3) is 0 Å². The highest BCUT2D eigenvalue weighted by molar-refractivity contribution is 6.21. The Morgan fingerprint density at radius 3 is 2.42 bits per heavy atom. The highest BCUT2D eigenvalue weighted by Gasteiger charge is 2.37. The molecule has 0 atom stereocenters. The Balaban J connectivity index is 1.87. The van der Waals surface area contributed by atoms with Crippen LogP contribution in [-0.2, 0) is 4.74 Å². The van der Waals surface area contributed by atoms with Gasteiger partial charge in [-0.05, 0) is 58.3 Å². The minimum absolute atomic E-state index is 0.148. The van der Waals surface area contributed by atoms with Gasteiger partial charge in [0.05, 0.1) is 0 Å². The third-order valence-electron chi connectivity index (χ3n) is 4.41. The average Bonchev–Trinajstić information content (AvgIpc) is 2.32. The summed E-state index contributed by atoms with van der Waals surface area (Å²) >= 11 is 0. The van der Waals surface area contributed by atoms with E-state index in [1.807, 2.05) is 25.7 Å². The van der Waals surface area contributed by atoms with Crippen molar-refractivity contribution in [2.75, 3.05) is 13.1 Å². The monoisotopic (exact) mass is 263 g/mol. The van der Waals surface area contributed by atoms with Crippen molar-refractivity contribution in [3.05, 3.63) is 11.5 Å². The first-order valence-corrected chi connectivity index (χ1v) is 7.43. The fraction of sp³-hybridized carbons (Fsp3) is 0.800. The lowest BCUT2D eigenvalue weighted by Gasteiger charge is -2.43. The molecule has 0 radical (unpaired) electrons. The number of ether oxygens (including phenoxy) is 1. The zero-order valence-electron chi connectivity index (χ0n) is 12.8. The number of piperidine rings is 1. The number of carbonyl (C=O) groups excluding carboxylic acids is 1. The van der Waals surface area contributed by atoms with E-state index in [0.29, 0.717) is 5.41 Å². The number of hydrogen-bond acceptors (Lipinski definition) is 2. The van der Waals surface area contributed by atoms with Crippen molar-refractivity contribution in [2.24, 2.45) is 5.41 Å². The first-order chi connectivity index (χ1) is 8.80. The summed E-state index contributed by atoms with van der Waals surface area (Å²) in [6.07, 6.45) is 8.20. The second-order valence-corrected chi connectivity index (χ2v) is 7.22. The standard InChI is InChI=1S/C15H26BNO2/c1-14(2,3)19-13(18)17-10-8-15(9-11-17)6-4-12(16)5-7-15/h4H,5-11,16H2,1-3H3. The normalized spacial score (nSPS) is 23.1. The lowest BCUT2D eigenvalue weighted by atomic mass is 9.66. The van der Waals surface area contributed by atoms with Gasteiger partial charge in [0.15, 0.2) is 0 Å². The molecule has 0 bridgehead atoms. The van der Waals surface area contributed by atoms with E-state index in [0.717, 1.165) is 25.9 Å². The van der Waals surface area contributed by atoms with Crippen LogP contribution < -0.4 is 0 Å². The van der Waals surface area contributed by atoms with Gasteiger partial charge in [-0.1, -0.05) is 6.08 Å². The Kier molecular flexibility index (Phi) is 3.98. The molecule has 1 amide bonds. The second kappa shape index (κ2) is 5.22. The molecule has 19 heavy (non-hydrogen) atoms. The molecule has 3 nitrogen and oxygen atoms in total. The van der Waals surface area contributed by atoms with Gasteiger partial charge in [-0.15, -0.1) is 5.47 Å². The van der Waals surface area contributed by atoms with Crippen LogP contribution in [0.2, 0.25) is 0 Å². The molecule has 0 saturated carbocycles. The van der Waals surface area contributed by atoms with Crippen LogP contribution in [0.25, 0.3) is 0 Å². The first kappa shape index (κ1) is 14.5. The summed E-state index contributed by atoms with van der Waals surface area (Å²) in [5, 5.41) is 0. The number of allylic oxidation sites excluding steroid dienone is 2. The predicted molar refractivity (Wildman–Crippen MR) is 80.0 cm³/mol. The first-order valence-electron chi connectivity index (χ1n) is 7.43. The molecule has 2 aliphatic rings. The van der Waals surface area contributed by atoms with Crippen molar-refractivity contribution in [3.8, 4) is 0 Å². The predicted octanol–water partition coefficient (Wildman–Crippen LogP) is 2.70. The average molecular weight is 263 g/mol. The molecule has 1 aliphatic carbocycles. The maximum Gasteiger partial charge on any atom is 0.410 e. The lowest BCUT2D eigenvalue weighted by molar-refractivity contribution is 0.00875. The van der Waals surface area contributed by atoms with Crippen LogP contribution in [0.5, 0.6) is 0 Å². The number of likely N-dealkylation sites (tertiary alicyclic amines) is 1. The van der Waals surface area contributed by atoms with Gasteiger partial charge >= 0.3 is 6.09 Å². The quantitative estimate of drug-likeness (QED) is 0.629. The van der Waals surface area contributed by atoms with Crippen LogP contribution in [-0.4, -0.2) is 37.5 Å². The smallest absolute Gasteiger partial charge is 0.410 e. The number of nitrogens with zero attached hydrogens (tertiary/aromatic N) is 1. The summed E-state index contributed by atoms with van der Waals surface area (Å²) in [5.41, 5.74) is 1.59. The molecule has 106 valence electrons. The summed E-state index contributed by atoms with van der Waals surface area (Å²) in [5.74, 6) is 0. The van der Waals surface area contributed by atoms with Gasteiger partial charge in [-0.25, -0.2) is 4.79 Å². The topological polar surface area (TPSA) is 29.5 Å². The van der Waals surface area contributed by atoms with Crippen LogP contribution >= 0.6 is 0 Å². The summed E-state index contributed by atoms with van der Waals surface area (Å²) < 4.78 is 5.45. The van der Waals surface area contributed by atoms with Crippen molar-refractivity contribution in [1.29, 1.82) is 0 Å². The molecule has 0 aromatic heterocycles. The fourth-order valence-electron chi connectivity index (χ4n) is 3.00. The third-order valence-corrected chi connectivity index (χ3v) is 4.41. The summed E-state index contributed by atoms with van der Waals surface area (Å²) in [6, 6.07) is 0. The van der Waals surface area contributed by atoms with Crippen LogP contribution in [0.3, 0.4) is 0 Å². The lowest BCUT2D eigenvalue weighted by Crippen LogP contribution is -2.45. The number of carbonyl (C=O) groups is 1. The second-order valence-electron chi connectivity index (χ2n) is 7.22. The van der Waals surface area contributed by atoms with Gasteiger partial charge in [-0.2, -0.15) is 0 Å². The van der Waals surface area contributed by atoms with Crippen molar-refractivity contribution < 1.29 is 9.53 Å². The van der Waals surface area contributed by atoms with E-state index < -0.39 is 5.60 Å². The molecule has 1 spiro atoms. The van der Waals surface area contributed by atoms with Gasteiger partial charge in [0.1, 0.15) is 13.4 Å². The van der Waals surface area contributed by atoms with Gasteiger partial charge < -0.3 is 9.64 Å². The number of hydrogen-bond donors (Lipinski definition) is 0. The Hall–Kier alpha value is -0.925. The number of rotatable bonds is 0. The zero-order valence-corrected chi connectivity index (χ0v) is 12.8. The molecule has 0 aromatic carbocycles. The number of amides is 1. The highest BCUT2D eigenvalue weighted by atomic mass is 16.6. The molecular formula is C15H26BNO2. The van der Waals surface area contributed by atoms with E-state index in [1.165, 1.54) is 24.7 Å². The van der Waals surface area contributed by atoms with Gasteiger partial charge in [-0.3, -0.25) is 0 Å². The molecule has 1 fully saturated rings. The van der Waals surface area contributed by atoms with E-state index in [9.17, 15) is 4.79 Å². The molecule has 1 saturated heterocycles. The van der Waals surface area contributed by atoms with Crippen LogP contribution in [0.1, 0.15) is 52.9 Å². The van der Waals surface area contributed by atoms with Crippen LogP contribution in [0, 0.1) is 5.41 Å². The van der Waals surface area contributed by atoms with Gasteiger partial charge in [0, 0.05) is 13.1 Å². The van der Waals surface area contributed by atoms with Crippen molar-refractivity contribution in [1.82, 2.24) is 4.90 Å². The van der Waals surface area contributed by atoms with E-state index >= 15 is 0 Å². The van der Waals surface area contributed by atoms with E-state index in [2.05, 4.69) is 13.9 Å². The Bertz CT molecular complexity index is 376. The highest BCUT2D eigenvalue weighted by Crippen LogP contribution is 2.43. The Morgan fingerprint density at radius 2 is 1.95 bits per heavy atom. The zero-order chi connectivity index (χ0) is 14.1. The van der Waals surface area contributed by atoms with Crippen molar-refractivity contribution in [3.63, 3.8) is 0 Å². The Labute approximate surface area is 117 Å². The molecule has 1 heterocycles. The maximum atomic E-state index is 12.0. The minimum Gasteiger partial charge on any atom is -0.444 e. The Morgan fingerprint density at radius 1 is 1.32 bits per heavy atom. The molecule has 0 unspecified atom stereocenters. The molecule has 0 aromatic rings. The fourth-order valence-corrected chi connectivity index (χ4v) is 3.00. The summed E-state index contributed by atoms with van der Waals surface area (Å²) in [7, 11) is 2.22. The van der Waals surface area contributed by atoms with E-state index in [4.69, 9.17) is 4.74 Å². The SMILES string of the molecule is BC1=CCC2(CC1)CCN(C(=O)OC(C)(C)C)CC2. The minimum atomic E-state index is -0.392. The summed E-state index contributed by atoms with van der Waals surface area (Å²) in [6.45, 7) is 7.46. The largest absolute Gasteiger partial charge is 0.444 e. The summed E-state index contributed by atoms with van der Waals surface area (Å²) in [4.78, 5) is 13.9. The maximum absolute atomic E-state index is 12.0. The van der Waals surface area contributed by atoms with E-state index in [-0.39, 0.29) is 6.09 Å². The third kappa shape index (κ3) is 3.77. The molecule has 2 rings (SSSR count).